The van der Waals surface area contributed by atoms with Crippen molar-refractivity contribution in [2.75, 3.05) is 6.54 Å². The Hall–Kier alpha value is -1.75. The average Bonchev–Trinajstić information content (AvgIpc) is 3.10. The van der Waals surface area contributed by atoms with E-state index in [1.807, 2.05) is 31.3 Å². The van der Waals surface area contributed by atoms with Crippen LogP contribution in [-0.2, 0) is 4.79 Å². The number of rotatable bonds is 5. The molecule has 0 aliphatic carbocycles. The highest BCUT2D eigenvalue weighted by Crippen LogP contribution is 2.28. The number of nitrogens with one attached hydrogen (secondary N) is 1. The molecule has 128 valence electrons. The number of imidazole rings is 1. The van der Waals surface area contributed by atoms with Gasteiger partial charge in [0, 0.05) is 12.6 Å². The quantitative estimate of drug-likeness (QED) is 0.821. The molecule has 0 unspecified atom stereocenters. The van der Waals surface area contributed by atoms with Gasteiger partial charge in [-0.05, 0) is 38.2 Å². The number of hydrogen-bond donors (Lipinski definition) is 1. The van der Waals surface area contributed by atoms with E-state index in [0.29, 0.717) is 6.04 Å². The second-order valence-electron chi connectivity index (χ2n) is 6.32. The average molecular weight is 343 g/mol. The number of thioether (sulfide) groups is 1. The lowest BCUT2D eigenvalue weighted by atomic mass is 10.00. The zero-order valence-corrected chi connectivity index (χ0v) is 15.2. The molecule has 24 heavy (non-hydrogen) atoms. The Balaban J connectivity index is 1.65. The van der Waals surface area contributed by atoms with Gasteiger partial charge in [-0.25, -0.2) is 4.98 Å². The molecule has 0 saturated carbocycles. The first-order valence-electron chi connectivity index (χ1n) is 8.76. The molecule has 1 aromatic carbocycles. The Morgan fingerprint density at radius 2 is 2.17 bits per heavy atom. The third kappa shape index (κ3) is 3.83. The minimum Gasteiger partial charge on any atom is -0.339 e. The van der Waals surface area contributed by atoms with Crippen molar-refractivity contribution in [3.05, 3.63) is 36.5 Å². The summed E-state index contributed by atoms with van der Waals surface area (Å²) in [5.41, 5.74) is 2.10. The highest BCUT2D eigenvalue weighted by atomic mass is 32.2. The predicted molar refractivity (Wildman–Crippen MR) is 99.0 cm³/mol. The SMILES string of the molecule is CC[C@H]1CCCCN1C(=O)[C@@H](C)Sc1ncc(-c2ccccc2)[nH]1. The highest BCUT2D eigenvalue weighted by Gasteiger charge is 2.29. The van der Waals surface area contributed by atoms with Crippen molar-refractivity contribution < 1.29 is 4.79 Å². The molecule has 0 bridgehead atoms. The summed E-state index contributed by atoms with van der Waals surface area (Å²) in [4.78, 5) is 22.7. The first kappa shape index (κ1) is 17.1. The van der Waals surface area contributed by atoms with Crippen molar-refractivity contribution >= 4 is 17.7 Å². The van der Waals surface area contributed by atoms with Crippen molar-refractivity contribution in [2.24, 2.45) is 0 Å². The van der Waals surface area contributed by atoms with E-state index in [1.54, 1.807) is 0 Å². The minimum absolute atomic E-state index is 0.119. The molecule has 2 atom stereocenters. The van der Waals surface area contributed by atoms with Gasteiger partial charge in [-0.2, -0.15) is 0 Å². The first-order valence-corrected chi connectivity index (χ1v) is 9.64. The monoisotopic (exact) mass is 343 g/mol. The lowest BCUT2D eigenvalue weighted by molar-refractivity contribution is -0.134. The second kappa shape index (κ2) is 7.88. The summed E-state index contributed by atoms with van der Waals surface area (Å²) in [5, 5.41) is 0.687. The molecule has 1 saturated heterocycles. The molecule has 4 nitrogen and oxygen atoms in total. The number of likely N-dealkylation sites (tertiary alicyclic amines) is 1. The zero-order valence-electron chi connectivity index (χ0n) is 14.4. The summed E-state index contributed by atoms with van der Waals surface area (Å²) in [7, 11) is 0. The van der Waals surface area contributed by atoms with Gasteiger partial charge in [-0.3, -0.25) is 4.79 Å². The molecule has 5 heteroatoms. The molecular weight excluding hydrogens is 318 g/mol. The van der Waals surface area contributed by atoms with Crippen LogP contribution in [0.5, 0.6) is 0 Å². The molecule has 0 spiro atoms. The number of amides is 1. The second-order valence-corrected chi connectivity index (χ2v) is 7.65. The van der Waals surface area contributed by atoms with E-state index in [9.17, 15) is 4.79 Å². The van der Waals surface area contributed by atoms with Crippen LogP contribution in [0.25, 0.3) is 11.3 Å². The maximum Gasteiger partial charge on any atom is 0.236 e. The van der Waals surface area contributed by atoms with Crippen LogP contribution in [-0.4, -0.2) is 38.6 Å². The lowest BCUT2D eigenvalue weighted by Crippen LogP contribution is -2.46. The molecule has 2 heterocycles. The fraction of sp³-hybridized carbons (Fsp3) is 0.474. The fourth-order valence-electron chi connectivity index (χ4n) is 3.29. The van der Waals surface area contributed by atoms with E-state index in [1.165, 1.54) is 18.2 Å². The van der Waals surface area contributed by atoms with Crippen molar-refractivity contribution in [3.63, 3.8) is 0 Å². The van der Waals surface area contributed by atoms with E-state index < -0.39 is 0 Å². The van der Waals surface area contributed by atoms with Crippen molar-refractivity contribution in [3.8, 4) is 11.3 Å². The number of benzene rings is 1. The third-order valence-electron chi connectivity index (χ3n) is 4.65. The molecule has 1 N–H and O–H groups in total. The van der Waals surface area contributed by atoms with Crippen LogP contribution in [0.4, 0.5) is 0 Å². The molecule has 1 amide bonds. The summed E-state index contributed by atoms with van der Waals surface area (Å²) in [5.74, 6) is 0.240. The van der Waals surface area contributed by atoms with Gasteiger partial charge in [0.1, 0.15) is 0 Å². The molecule has 1 fully saturated rings. The highest BCUT2D eigenvalue weighted by molar-refractivity contribution is 8.00. The zero-order chi connectivity index (χ0) is 16.9. The summed E-state index contributed by atoms with van der Waals surface area (Å²) in [6.07, 6.45) is 6.38. The smallest absolute Gasteiger partial charge is 0.236 e. The van der Waals surface area contributed by atoms with Crippen LogP contribution in [0.2, 0.25) is 0 Å². The molecule has 3 rings (SSSR count). The van der Waals surface area contributed by atoms with Crippen LogP contribution < -0.4 is 0 Å². The van der Waals surface area contributed by atoms with E-state index in [-0.39, 0.29) is 11.2 Å². The number of aromatic amines is 1. The molecule has 2 aromatic rings. The maximum atomic E-state index is 12.8. The number of aromatic nitrogens is 2. The van der Waals surface area contributed by atoms with E-state index in [0.717, 1.165) is 42.2 Å². The molecular formula is C19H25N3OS. The normalized spacial score (nSPS) is 19.2. The number of piperidine rings is 1. The van der Waals surface area contributed by atoms with Gasteiger partial charge in [0.2, 0.25) is 5.91 Å². The Kier molecular flexibility index (Phi) is 5.61. The van der Waals surface area contributed by atoms with E-state index in [4.69, 9.17) is 0 Å². The Morgan fingerprint density at radius 3 is 2.92 bits per heavy atom. The van der Waals surface area contributed by atoms with Gasteiger partial charge in [0.05, 0.1) is 17.1 Å². The minimum atomic E-state index is -0.119. The molecule has 0 radical (unpaired) electrons. The van der Waals surface area contributed by atoms with Crippen molar-refractivity contribution in [1.29, 1.82) is 0 Å². The number of carbonyl (C=O) groups excluding carboxylic acids is 1. The maximum absolute atomic E-state index is 12.8. The van der Waals surface area contributed by atoms with Gasteiger partial charge in [-0.15, -0.1) is 0 Å². The number of carbonyl (C=O) groups is 1. The Morgan fingerprint density at radius 1 is 1.38 bits per heavy atom. The molecule has 1 aromatic heterocycles. The van der Waals surface area contributed by atoms with Crippen molar-refractivity contribution in [2.45, 2.75) is 56.0 Å². The van der Waals surface area contributed by atoms with Crippen LogP contribution in [0.1, 0.15) is 39.5 Å². The van der Waals surface area contributed by atoms with Crippen LogP contribution >= 0.6 is 11.8 Å². The summed E-state index contributed by atoms with van der Waals surface area (Å²) >= 11 is 1.52. The first-order chi connectivity index (χ1) is 11.7. The number of hydrogen-bond acceptors (Lipinski definition) is 3. The standard InChI is InChI=1S/C19H25N3OS/c1-3-16-11-7-8-12-22(16)18(23)14(2)24-19-20-13-17(21-19)15-9-5-4-6-10-15/h4-6,9-10,13-14,16H,3,7-8,11-12H2,1-2H3,(H,20,21)/t14-,16+/m1/s1. The van der Waals surface area contributed by atoms with Gasteiger partial charge in [0.15, 0.2) is 5.16 Å². The number of H-pyrrole nitrogens is 1. The van der Waals surface area contributed by atoms with Crippen LogP contribution in [0.15, 0.2) is 41.7 Å². The number of nitrogens with zero attached hydrogens (tertiary/aromatic N) is 2. The largest absolute Gasteiger partial charge is 0.339 e. The van der Waals surface area contributed by atoms with Gasteiger partial charge in [0.25, 0.3) is 0 Å². The van der Waals surface area contributed by atoms with Crippen LogP contribution in [0, 0.1) is 0 Å². The van der Waals surface area contributed by atoms with Gasteiger partial charge >= 0.3 is 0 Å². The molecule has 1 aliphatic rings. The predicted octanol–water partition coefficient (Wildman–Crippen LogP) is 4.35. The summed E-state index contributed by atoms with van der Waals surface area (Å²) < 4.78 is 0. The Bertz CT molecular complexity index is 670. The van der Waals surface area contributed by atoms with Crippen molar-refractivity contribution in [1.82, 2.24) is 14.9 Å². The fourth-order valence-corrected chi connectivity index (χ4v) is 4.15. The third-order valence-corrected chi connectivity index (χ3v) is 5.64. The Labute approximate surface area is 148 Å². The van der Waals surface area contributed by atoms with Gasteiger partial charge in [-0.1, -0.05) is 49.0 Å². The van der Waals surface area contributed by atoms with E-state index >= 15 is 0 Å². The topological polar surface area (TPSA) is 49.0 Å². The van der Waals surface area contributed by atoms with E-state index in [2.05, 4.69) is 33.9 Å². The van der Waals surface area contributed by atoms with Crippen LogP contribution in [0.3, 0.4) is 0 Å². The summed E-state index contributed by atoms with van der Waals surface area (Å²) in [6, 6.07) is 10.5. The van der Waals surface area contributed by atoms with Gasteiger partial charge < -0.3 is 9.88 Å². The summed E-state index contributed by atoms with van der Waals surface area (Å²) in [6.45, 7) is 5.06. The molecule has 1 aliphatic heterocycles. The lowest BCUT2D eigenvalue weighted by Gasteiger charge is -2.36.